The molecular weight excluding hydrogens is 314 g/mol. The summed E-state index contributed by atoms with van der Waals surface area (Å²) in [6.45, 7) is 2.03. The second-order valence-corrected chi connectivity index (χ2v) is 7.01. The van der Waals surface area contributed by atoms with E-state index in [0.29, 0.717) is 30.4 Å². The third kappa shape index (κ3) is 2.95. The molecule has 0 unspecified atom stereocenters. The summed E-state index contributed by atoms with van der Waals surface area (Å²) in [4.78, 5) is 22.3. The molecule has 1 aromatic heterocycles. The predicted octanol–water partition coefficient (Wildman–Crippen LogP) is 2.93. The van der Waals surface area contributed by atoms with Crippen LogP contribution >= 0.6 is 11.6 Å². The van der Waals surface area contributed by atoms with Gasteiger partial charge in [-0.2, -0.15) is 0 Å². The Labute approximate surface area is 140 Å². The van der Waals surface area contributed by atoms with Crippen LogP contribution in [0.1, 0.15) is 31.5 Å². The van der Waals surface area contributed by atoms with E-state index in [1.807, 2.05) is 23.1 Å². The van der Waals surface area contributed by atoms with Gasteiger partial charge in [0.2, 0.25) is 5.91 Å². The van der Waals surface area contributed by atoms with Crippen LogP contribution in [0.4, 0.5) is 0 Å². The SMILES string of the molecule is O=C(Cc1nc2ccc(Cl)cc2[nH]1)N1CCOC2(CCCC2)C1. The van der Waals surface area contributed by atoms with E-state index in [4.69, 9.17) is 16.3 Å². The molecule has 1 spiro atoms. The zero-order valence-corrected chi connectivity index (χ0v) is 13.7. The number of fused-ring (bicyclic) bond motifs is 1. The molecule has 0 atom stereocenters. The normalized spacial score (nSPS) is 20.5. The summed E-state index contributed by atoms with van der Waals surface area (Å²) in [5.74, 6) is 0.809. The molecule has 5 nitrogen and oxygen atoms in total. The summed E-state index contributed by atoms with van der Waals surface area (Å²) in [6.07, 6.45) is 4.83. The lowest BCUT2D eigenvalue weighted by Crippen LogP contribution is -2.52. The summed E-state index contributed by atoms with van der Waals surface area (Å²) in [7, 11) is 0. The topological polar surface area (TPSA) is 58.2 Å². The fourth-order valence-corrected chi connectivity index (χ4v) is 3.93. The predicted molar refractivity (Wildman–Crippen MR) is 88.5 cm³/mol. The number of aromatic amines is 1. The largest absolute Gasteiger partial charge is 0.371 e. The van der Waals surface area contributed by atoms with Crippen molar-refractivity contribution in [2.75, 3.05) is 19.7 Å². The molecule has 1 amide bonds. The van der Waals surface area contributed by atoms with E-state index >= 15 is 0 Å². The number of rotatable bonds is 2. The summed E-state index contributed by atoms with van der Waals surface area (Å²) >= 11 is 5.99. The van der Waals surface area contributed by atoms with E-state index in [1.165, 1.54) is 12.8 Å². The first-order chi connectivity index (χ1) is 11.1. The van der Waals surface area contributed by atoms with E-state index < -0.39 is 0 Å². The Balaban J connectivity index is 1.47. The summed E-state index contributed by atoms with van der Waals surface area (Å²) in [6, 6.07) is 5.51. The molecule has 1 N–H and O–H groups in total. The molecule has 1 aromatic carbocycles. The van der Waals surface area contributed by atoms with Crippen molar-refractivity contribution in [3.63, 3.8) is 0 Å². The van der Waals surface area contributed by atoms with Crippen LogP contribution in [-0.4, -0.2) is 46.1 Å². The van der Waals surface area contributed by atoms with Crippen LogP contribution < -0.4 is 0 Å². The number of carbonyl (C=O) groups is 1. The number of morpholine rings is 1. The fraction of sp³-hybridized carbons (Fsp3) is 0.529. The minimum absolute atomic E-state index is 0.0880. The van der Waals surface area contributed by atoms with Crippen LogP contribution in [0.2, 0.25) is 5.02 Å². The van der Waals surface area contributed by atoms with Gasteiger partial charge in [0.15, 0.2) is 0 Å². The second kappa shape index (κ2) is 5.80. The molecule has 1 aliphatic carbocycles. The lowest BCUT2D eigenvalue weighted by atomic mass is 9.99. The lowest BCUT2D eigenvalue weighted by molar-refractivity contribution is -0.149. The quantitative estimate of drug-likeness (QED) is 0.919. The van der Waals surface area contributed by atoms with Crippen LogP contribution in [0.5, 0.6) is 0 Å². The Morgan fingerprint density at radius 2 is 2.22 bits per heavy atom. The molecule has 0 radical (unpaired) electrons. The number of carbonyl (C=O) groups excluding carboxylic acids is 1. The maximum atomic E-state index is 12.6. The van der Waals surface area contributed by atoms with Gasteiger partial charge < -0.3 is 14.6 Å². The highest BCUT2D eigenvalue weighted by atomic mass is 35.5. The fourth-order valence-electron chi connectivity index (χ4n) is 3.75. The molecule has 1 aliphatic heterocycles. The molecular formula is C17H20ClN3O2. The number of halogens is 1. The molecule has 0 bridgehead atoms. The van der Waals surface area contributed by atoms with Gasteiger partial charge in [0, 0.05) is 18.1 Å². The van der Waals surface area contributed by atoms with E-state index in [-0.39, 0.29) is 11.5 Å². The van der Waals surface area contributed by atoms with E-state index in [1.54, 1.807) is 0 Å². The van der Waals surface area contributed by atoms with Crippen molar-refractivity contribution < 1.29 is 9.53 Å². The van der Waals surface area contributed by atoms with Crippen LogP contribution in [0, 0.1) is 0 Å². The zero-order chi connectivity index (χ0) is 15.9. The van der Waals surface area contributed by atoms with Crippen molar-refractivity contribution in [2.24, 2.45) is 0 Å². The standard InChI is InChI=1S/C17H20ClN3O2/c18-12-3-4-13-14(9-12)20-15(19-13)10-16(22)21-7-8-23-17(11-21)5-1-2-6-17/h3-4,9H,1-2,5-8,10-11H2,(H,19,20). The highest BCUT2D eigenvalue weighted by Gasteiger charge is 2.40. The van der Waals surface area contributed by atoms with Gasteiger partial charge in [0.1, 0.15) is 5.82 Å². The van der Waals surface area contributed by atoms with Crippen molar-refractivity contribution in [3.8, 4) is 0 Å². The number of benzene rings is 1. The van der Waals surface area contributed by atoms with Crippen molar-refractivity contribution in [3.05, 3.63) is 29.0 Å². The summed E-state index contributed by atoms with van der Waals surface area (Å²) < 4.78 is 5.99. The van der Waals surface area contributed by atoms with E-state index in [2.05, 4.69) is 9.97 Å². The van der Waals surface area contributed by atoms with Crippen molar-refractivity contribution in [1.82, 2.24) is 14.9 Å². The van der Waals surface area contributed by atoms with E-state index in [9.17, 15) is 4.79 Å². The number of H-pyrrole nitrogens is 1. The van der Waals surface area contributed by atoms with Crippen LogP contribution in [-0.2, 0) is 16.0 Å². The zero-order valence-electron chi connectivity index (χ0n) is 13.0. The molecule has 4 rings (SSSR count). The smallest absolute Gasteiger partial charge is 0.230 e. The lowest BCUT2D eigenvalue weighted by Gasteiger charge is -2.40. The third-order valence-electron chi connectivity index (χ3n) is 4.93. The minimum atomic E-state index is -0.0880. The Hall–Kier alpha value is -1.59. The molecule has 122 valence electrons. The maximum absolute atomic E-state index is 12.6. The summed E-state index contributed by atoms with van der Waals surface area (Å²) in [5.41, 5.74) is 1.62. The molecule has 23 heavy (non-hydrogen) atoms. The van der Waals surface area contributed by atoms with Gasteiger partial charge >= 0.3 is 0 Å². The van der Waals surface area contributed by atoms with Crippen molar-refractivity contribution in [2.45, 2.75) is 37.7 Å². The molecule has 6 heteroatoms. The monoisotopic (exact) mass is 333 g/mol. The number of imidazole rings is 1. The number of nitrogens with one attached hydrogen (secondary N) is 1. The number of nitrogens with zero attached hydrogens (tertiary/aromatic N) is 2. The molecule has 1 saturated carbocycles. The van der Waals surface area contributed by atoms with Gasteiger partial charge in [-0.3, -0.25) is 4.79 Å². The first-order valence-corrected chi connectivity index (χ1v) is 8.57. The highest BCUT2D eigenvalue weighted by Crippen LogP contribution is 2.35. The van der Waals surface area contributed by atoms with Crippen molar-refractivity contribution >= 4 is 28.5 Å². The Morgan fingerprint density at radius 1 is 1.39 bits per heavy atom. The van der Waals surface area contributed by atoms with Crippen LogP contribution in [0.25, 0.3) is 11.0 Å². The molecule has 2 aromatic rings. The minimum Gasteiger partial charge on any atom is -0.371 e. The van der Waals surface area contributed by atoms with Gasteiger partial charge in [-0.1, -0.05) is 24.4 Å². The third-order valence-corrected chi connectivity index (χ3v) is 5.16. The average molecular weight is 334 g/mol. The summed E-state index contributed by atoms with van der Waals surface area (Å²) in [5, 5.41) is 0.662. The van der Waals surface area contributed by atoms with Gasteiger partial charge in [-0.25, -0.2) is 4.98 Å². The number of amides is 1. The highest BCUT2D eigenvalue weighted by molar-refractivity contribution is 6.31. The molecule has 2 heterocycles. The van der Waals surface area contributed by atoms with Gasteiger partial charge in [-0.15, -0.1) is 0 Å². The number of ether oxygens (including phenoxy) is 1. The Morgan fingerprint density at radius 3 is 3.04 bits per heavy atom. The molecule has 2 fully saturated rings. The number of aromatic nitrogens is 2. The first-order valence-electron chi connectivity index (χ1n) is 8.19. The van der Waals surface area contributed by atoms with Gasteiger partial charge in [0.25, 0.3) is 0 Å². The molecule has 2 aliphatic rings. The first kappa shape index (κ1) is 15.0. The number of hydrogen-bond donors (Lipinski definition) is 1. The van der Waals surface area contributed by atoms with Crippen molar-refractivity contribution in [1.29, 1.82) is 0 Å². The average Bonchev–Trinajstić information content (AvgIpc) is 3.13. The van der Waals surface area contributed by atoms with Gasteiger partial charge in [0.05, 0.1) is 29.7 Å². The van der Waals surface area contributed by atoms with Crippen LogP contribution in [0.3, 0.4) is 0 Å². The van der Waals surface area contributed by atoms with E-state index in [0.717, 1.165) is 30.4 Å². The van der Waals surface area contributed by atoms with Gasteiger partial charge in [-0.05, 0) is 31.0 Å². The second-order valence-electron chi connectivity index (χ2n) is 6.58. The molecule has 1 saturated heterocycles. The number of hydrogen-bond acceptors (Lipinski definition) is 3. The van der Waals surface area contributed by atoms with Crippen LogP contribution in [0.15, 0.2) is 18.2 Å². The Bertz CT molecular complexity index is 737. The Kier molecular flexibility index (Phi) is 3.77. The maximum Gasteiger partial charge on any atom is 0.230 e.